The van der Waals surface area contributed by atoms with Gasteiger partial charge in [-0.15, -0.1) is 11.8 Å². The van der Waals surface area contributed by atoms with Crippen molar-refractivity contribution in [1.29, 1.82) is 0 Å². The van der Waals surface area contributed by atoms with Gasteiger partial charge in [-0.1, -0.05) is 11.6 Å². The molecule has 0 aromatic heterocycles. The number of amides is 1. The van der Waals surface area contributed by atoms with Crippen molar-refractivity contribution in [3.63, 3.8) is 0 Å². The first-order valence-corrected chi connectivity index (χ1v) is 10.2. The van der Waals surface area contributed by atoms with Crippen LogP contribution in [-0.2, 0) is 4.79 Å². The van der Waals surface area contributed by atoms with Gasteiger partial charge < -0.3 is 15.5 Å². The molecule has 1 aromatic rings. The van der Waals surface area contributed by atoms with E-state index in [9.17, 15) is 4.79 Å². The molecule has 0 bridgehead atoms. The van der Waals surface area contributed by atoms with Crippen LogP contribution in [0.25, 0.3) is 0 Å². The fourth-order valence-electron chi connectivity index (χ4n) is 2.60. The molecule has 0 atom stereocenters. The number of guanidine groups is 1. The average Bonchev–Trinajstić information content (AvgIpc) is 3.02. The van der Waals surface area contributed by atoms with Crippen molar-refractivity contribution >= 4 is 35.2 Å². The molecule has 0 unspecified atom stereocenters. The lowest BCUT2D eigenvalue weighted by Crippen LogP contribution is -2.38. The topological polar surface area (TPSA) is 56.7 Å². The highest BCUT2D eigenvalue weighted by molar-refractivity contribution is 7.99. The zero-order valence-electron chi connectivity index (χ0n) is 14.8. The maximum absolute atomic E-state index is 11.6. The molecule has 0 aliphatic carbocycles. The van der Waals surface area contributed by atoms with Crippen molar-refractivity contribution in [2.75, 3.05) is 38.5 Å². The van der Waals surface area contributed by atoms with Crippen LogP contribution in [-0.4, -0.2) is 55.2 Å². The number of rotatable bonds is 9. The van der Waals surface area contributed by atoms with Gasteiger partial charge in [0.25, 0.3) is 0 Å². The number of carbonyl (C=O) groups is 1. The number of carbonyl (C=O) groups excluding carboxylic acids is 1. The number of thioether (sulfide) groups is 1. The molecule has 1 fully saturated rings. The third kappa shape index (κ3) is 7.57. The van der Waals surface area contributed by atoms with Gasteiger partial charge in [0.05, 0.1) is 0 Å². The maximum atomic E-state index is 11.6. The molecule has 1 aromatic carbocycles. The van der Waals surface area contributed by atoms with Crippen LogP contribution in [0.3, 0.4) is 0 Å². The second-order valence-corrected chi connectivity index (χ2v) is 7.43. The molecule has 2 rings (SSSR count). The Kier molecular flexibility index (Phi) is 8.97. The van der Waals surface area contributed by atoms with Crippen molar-refractivity contribution < 1.29 is 4.79 Å². The third-order valence-corrected chi connectivity index (χ3v) is 5.11. The second-order valence-electron chi connectivity index (χ2n) is 5.83. The van der Waals surface area contributed by atoms with Crippen LogP contribution < -0.4 is 10.6 Å². The van der Waals surface area contributed by atoms with Crippen LogP contribution in [0.4, 0.5) is 0 Å². The van der Waals surface area contributed by atoms with Gasteiger partial charge in [0.2, 0.25) is 5.91 Å². The van der Waals surface area contributed by atoms with E-state index in [1.54, 1.807) is 11.8 Å². The van der Waals surface area contributed by atoms with Crippen LogP contribution in [0.15, 0.2) is 34.2 Å². The number of hydrogen-bond donors (Lipinski definition) is 2. The summed E-state index contributed by atoms with van der Waals surface area (Å²) < 4.78 is 0. The molecule has 0 saturated carbocycles. The number of halogens is 1. The summed E-state index contributed by atoms with van der Waals surface area (Å²) in [6, 6.07) is 7.89. The fourth-order valence-corrected chi connectivity index (χ4v) is 3.50. The molecule has 2 N–H and O–H groups in total. The van der Waals surface area contributed by atoms with Gasteiger partial charge >= 0.3 is 0 Å². The predicted molar refractivity (Wildman–Crippen MR) is 107 cm³/mol. The fraction of sp³-hybridized carbons (Fsp3) is 0.556. The van der Waals surface area contributed by atoms with Crippen molar-refractivity contribution in [1.82, 2.24) is 15.5 Å². The van der Waals surface area contributed by atoms with Crippen LogP contribution >= 0.6 is 23.4 Å². The smallest absolute Gasteiger partial charge is 0.222 e. The molecule has 1 saturated heterocycles. The molecule has 0 spiro atoms. The summed E-state index contributed by atoms with van der Waals surface area (Å²) >= 11 is 7.68. The summed E-state index contributed by atoms with van der Waals surface area (Å²) in [6.45, 7) is 6.17. The van der Waals surface area contributed by atoms with E-state index in [2.05, 4.69) is 22.5 Å². The monoisotopic (exact) mass is 382 g/mol. The van der Waals surface area contributed by atoms with Crippen LogP contribution in [0.2, 0.25) is 5.02 Å². The van der Waals surface area contributed by atoms with Gasteiger partial charge in [-0.05, 0) is 44.0 Å². The van der Waals surface area contributed by atoms with Crippen molar-refractivity contribution in [3.8, 4) is 0 Å². The van der Waals surface area contributed by atoms with E-state index in [-0.39, 0.29) is 5.91 Å². The highest BCUT2D eigenvalue weighted by atomic mass is 35.5. The Balaban J connectivity index is 1.64. The number of hydrogen-bond acceptors (Lipinski definition) is 3. The van der Waals surface area contributed by atoms with Gasteiger partial charge in [-0.2, -0.15) is 0 Å². The van der Waals surface area contributed by atoms with E-state index in [0.717, 1.165) is 62.3 Å². The lowest BCUT2D eigenvalue weighted by atomic mass is 10.4. The summed E-state index contributed by atoms with van der Waals surface area (Å²) in [5.74, 6) is 2.08. The standard InChI is InChI=1S/C18H27ClN4OS/c1-2-20-18(21-10-4-13-23-12-3-5-17(23)24)22-11-14-25-16-8-6-15(19)7-9-16/h6-9H,2-5,10-14H2,1H3,(H2,20,21,22). The summed E-state index contributed by atoms with van der Waals surface area (Å²) in [5.41, 5.74) is 0. The first-order valence-electron chi connectivity index (χ1n) is 8.87. The lowest BCUT2D eigenvalue weighted by molar-refractivity contribution is -0.127. The predicted octanol–water partition coefficient (Wildman–Crippen LogP) is 3.00. The number of likely N-dealkylation sites (tertiary alicyclic amines) is 1. The highest BCUT2D eigenvalue weighted by Gasteiger charge is 2.18. The molecule has 1 heterocycles. The Hall–Kier alpha value is -1.40. The second kappa shape index (κ2) is 11.3. The average molecular weight is 383 g/mol. The zero-order chi connectivity index (χ0) is 17.9. The van der Waals surface area contributed by atoms with Crippen LogP contribution in [0.5, 0.6) is 0 Å². The minimum atomic E-state index is 0.285. The minimum absolute atomic E-state index is 0.285. The van der Waals surface area contributed by atoms with Gasteiger partial charge in [-0.25, -0.2) is 0 Å². The van der Waals surface area contributed by atoms with Crippen LogP contribution in [0, 0.1) is 0 Å². The van der Waals surface area contributed by atoms with Gasteiger partial charge in [0.15, 0.2) is 5.96 Å². The Morgan fingerprint density at radius 2 is 2.12 bits per heavy atom. The first kappa shape index (κ1) is 19.9. The highest BCUT2D eigenvalue weighted by Crippen LogP contribution is 2.19. The molecule has 1 aliphatic rings. The molecule has 138 valence electrons. The lowest BCUT2D eigenvalue weighted by Gasteiger charge is -2.15. The molecular weight excluding hydrogens is 356 g/mol. The Labute approximate surface area is 159 Å². The number of aliphatic imine (C=N–C) groups is 1. The SMILES string of the molecule is CCNC(=NCCCN1CCCC1=O)NCCSc1ccc(Cl)cc1. The minimum Gasteiger partial charge on any atom is -0.357 e. The maximum Gasteiger partial charge on any atom is 0.222 e. The summed E-state index contributed by atoms with van der Waals surface area (Å²) in [4.78, 5) is 19.3. The summed E-state index contributed by atoms with van der Waals surface area (Å²) in [6.07, 6.45) is 2.61. The Morgan fingerprint density at radius 1 is 1.32 bits per heavy atom. The van der Waals surface area contributed by atoms with Gasteiger partial charge in [-0.3, -0.25) is 9.79 Å². The Bertz CT molecular complexity index is 565. The van der Waals surface area contributed by atoms with E-state index >= 15 is 0 Å². The van der Waals surface area contributed by atoms with E-state index in [0.29, 0.717) is 6.42 Å². The van der Waals surface area contributed by atoms with E-state index in [4.69, 9.17) is 11.6 Å². The zero-order valence-corrected chi connectivity index (χ0v) is 16.3. The molecule has 1 aliphatic heterocycles. The molecular formula is C18H27ClN4OS. The van der Waals surface area contributed by atoms with Gasteiger partial charge in [0, 0.05) is 54.8 Å². The first-order chi connectivity index (χ1) is 12.2. The summed E-state index contributed by atoms with van der Waals surface area (Å²) in [7, 11) is 0. The quantitative estimate of drug-likeness (QED) is 0.298. The largest absolute Gasteiger partial charge is 0.357 e. The van der Waals surface area contributed by atoms with Crippen molar-refractivity contribution in [2.45, 2.75) is 31.1 Å². The number of nitrogens with one attached hydrogen (secondary N) is 2. The summed E-state index contributed by atoms with van der Waals surface area (Å²) in [5, 5.41) is 7.37. The Morgan fingerprint density at radius 3 is 2.80 bits per heavy atom. The number of nitrogens with zero attached hydrogens (tertiary/aromatic N) is 2. The van der Waals surface area contributed by atoms with Gasteiger partial charge in [0.1, 0.15) is 0 Å². The normalized spacial score (nSPS) is 14.9. The van der Waals surface area contributed by atoms with E-state index < -0.39 is 0 Å². The van der Waals surface area contributed by atoms with E-state index in [1.807, 2.05) is 29.2 Å². The number of benzene rings is 1. The molecule has 0 radical (unpaired) electrons. The molecule has 25 heavy (non-hydrogen) atoms. The van der Waals surface area contributed by atoms with Crippen molar-refractivity contribution in [3.05, 3.63) is 29.3 Å². The third-order valence-electron chi connectivity index (χ3n) is 3.85. The molecule has 7 heteroatoms. The molecule has 5 nitrogen and oxygen atoms in total. The molecule has 1 amide bonds. The van der Waals surface area contributed by atoms with Crippen molar-refractivity contribution in [2.24, 2.45) is 4.99 Å². The van der Waals surface area contributed by atoms with E-state index in [1.165, 1.54) is 4.90 Å². The van der Waals surface area contributed by atoms with Crippen LogP contribution in [0.1, 0.15) is 26.2 Å².